The lowest BCUT2D eigenvalue weighted by atomic mass is 10.0. The normalized spacial score (nSPS) is 18.3. The highest BCUT2D eigenvalue weighted by Gasteiger charge is 2.43. The summed E-state index contributed by atoms with van der Waals surface area (Å²) in [5, 5.41) is 4.33. The molecule has 154 valence electrons. The Morgan fingerprint density at radius 3 is 2.55 bits per heavy atom. The van der Waals surface area contributed by atoms with Crippen molar-refractivity contribution < 1.29 is 4.39 Å². The van der Waals surface area contributed by atoms with Gasteiger partial charge >= 0.3 is 0 Å². The number of pyridine rings is 2. The number of nitrogens with one attached hydrogen (secondary N) is 1. The van der Waals surface area contributed by atoms with Crippen LogP contribution in [0.15, 0.2) is 85.3 Å². The number of halogens is 2. The summed E-state index contributed by atoms with van der Waals surface area (Å²) >= 11 is 11.7. The van der Waals surface area contributed by atoms with Crippen molar-refractivity contribution in [2.75, 3.05) is 4.90 Å². The maximum Gasteiger partial charge on any atom is 0.174 e. The zero-order valence-corrected chi connectivity index (χ0v) is 17.8. The highest BCUT2D eigenvalue weighted by atomic mass is 35.5. The molecule has 0 spiro atoms. The predicted molar refractivity (Wildman–Crippen MR) is 123 cm³/mol. The molecule has 8 heteroatoms. The summed E-state index contributed by atoms with van der Waals surface area (Å²) in [5.41, 5.74) is 2.10. The summed E-state index contributed by atoms with van der Waals surface area (Å²) in [6, 6.07) is 19.3. The Hall–Kier alpha value is -3.29. The molecule has 0 unspecified atom stereocenters. The lowest BCUT2D eigenvalue weighted by Crippen LogP contribution is -2.31. The first-order valence-electron chi connectivity index (χ1n) is 9.68. The number of hydrogen-bond acceptors (Lipinski definition) is 3. The molecule has 4 heterocycles. The lowest BCUT2D eigenvalue weighted by Gasteiger charge is -2.29. The van der Waals surface area contributed by atoms with Crippen LogP contribution in [-0.2, 0) is 0 Å². The first-order valence-corrected chi connectivity index (χ1v) is 10.5. The number of nitrogens with zero attached hydrogens (tertiary/aromatic N) is 4. The van der Waals surface area contributed by atoms with Gasteiger partial charge in [-0.2, -0.15) is 0 Å². The number of para-hydroxylation sites is 1. The Morgan fingerprint density at radius 2 is 1.81 bits per heavy atom. The third-order valence-electron chi connectivity index (χ3n) is 5.25. The second-order valence-electron chi connectivity index (χ2n) is 7.09. The van der Waals surface area contributed by atoms with Crippen LogP contribution < -0.4 is 10.2 Å². The van der Waals surface area contributed by atoms with Gasteiger partial charge in [-0.1, -0.05) is 29.8 Å². The van der Waals surface area contributed by atoms with E-state index in [0.717, 1.165) is 11.4 Å². The van der Waals surface area contributed by atoms with E-state index in [1.165, 1.54) is 6.07 Å². The van der Waals surface area contributed by atoms with Gasteiger partial charge in [-0.25, -0.2) is 9.37 Å². The van der Waals surface area contributed by atoms with Crippen LogP contribution in [-0.4, -0.2) is 19.6 Å². The van der Waals surface area contributed by atoms with Crippen LogP contribution in [0.2, 0.25) is 5.02 Å². The fourth-order valence-electron chi connectivity index (χ4n) is 3.92. The number of aromatic nitrogens is 3. The molecule has 5 rings (SSSR count). The molecule has 2 atom stereocenters. The third-order valence-corrected chi connectivity index (χ3v) is 5.79. The number of hydrogen-bond donors (Lipinski definition) is 1. The first kappa shape index (κ1) is 19.7. The van der Waals surface area contributed by atoms with Crippen LogP contribution in [0.4, 0.5) is 10.1 Å². The van der Waals surface area contributed by atoms with Crippen molar-refractivity contribution in [2.24, 2.45) is 0 Å². The summed E-state index contributed by atoms with van der Waals surface area (Å²) in [5.74, 6) is 0.358. The molecular weight excluding hydrogens is 433 g/mol. The maximum absolute atomic E-state index is 14.8. The number of thiocarbonyl (C=S) groups is 1. The molecule has 5 nitrogen and oxygen atoms in total. The van der Waals surface area contributed by atoms with Crippen molar-refractivity contribution in [3.8, 4) is 5.82 Å². The van der Waals surface area contributed by atoms with Crippen molar-refractivity contribution >= 4 is 34.6 Å². The molecule has 31 heavy (non-hydrogen) atoms. The Morgan fingerprint density at radius 1 is 0.968 bits per heavy atom. The Labute approximate surface area is 189 Å². The van der Waals surface area contributed by atoms with Crippen LogP contribution in [0.1, 0.15) is 23.5 Å². The van der Waals surface area contributed by atoms with Gasteiger partial charge in [-0.15, -0.1) is 0 Å². The highest BCUT2D eigenvalue weighted by molar-refractivity contribution is 7.80. The monoisotopic (exact) mass is 449 g/mol. The number of benzene rings is 1. The molecule has 1 aromatic carbocycles. The molecule has 0 aliphatic carbocycles. The zero-order valence-electron chi connectivity index (χ0n) is 16.2. The predicted octanol–water partition coefficient (Wildman–Crippen LogP) is 5.24. The van der Waals surface area contributed by atoms with Crippen LogP contribution in [0.3, 0.4) is 0 Å². The third kappa shape index (κ3) is 3.56. The van der Waals surface area contributed by atoms with E-state index in [1.54, 1.807) is 36.7 Å². The van der Waals surface area contributed by atoms with E-state index in [9.17, 15) is 4.39 Å². The van der Waals surface area contributed by atoms with E-state index in [4.69, 9.17) is 23.8 Å². The molecule has 1 aliphatic rings. The molecule has 1 saturated heterocycles. The quantitative estimate of drug-likeness (QED) is 0.432. The minimum Gasteiger partial charge on any atom is -0.351 e. The van der Waals surface area contributed by atoms with Gasteiger partial charge in [0, 0.05) is 24.3 Å². The van der Waals surface area contributed by atoms with E-state index in [-0.39, 0.29) is 17.9 Å². The second kappa shape index (κ2) is 8.09. The average molecular weight is 450 g/mol. The molecule has 4 aromatic rings. The summed E-state index contributed by atoms with van der Waals surface area (Å²) < 4.78 is 16.8. The van der Waals surface area contributed by atoms with E-state index < -0.39 is 0 Å². The fraction of sp³-hybridized carbons (Fsp3) is 0.0870. The largest absolute Gasteiger partial charge is 0.351 e. The zero-order chi connectivity index (χ0) is 21.4. The summed E-state index contributed by atoms with van der Waals surface area (Å²) in [6.07, 6.45) is 5.26. The smallest absolute Gasteiger partial charge is 0.174 e. The van der Waals surface area contributed by atoms with Crippen LogP contribution in [0.25, 0.3) is 5.82 Å². The van der Waals surface area contributed by atoms with Crippen LogP contribution in [0.5, 0.6) is 0 Å². The molecule has 1 fully saturated rings. The van der Waals surface area contributed by atoms with Gasteiger partial charge in [0.05, 0.1) is 22.4 Å². The fourth-order valence-corrected chi connectivity index (χ4v) is 4.37. The van der Waals surface area contributed by atoms with E-state index in [1.807, 2.05) is 52.1 Å². The van der Waals surface area contributed by atoms with Crippen molar-refractivity contribution in [1.82, 2.24) is 19.9 Å². The molecule has 1 aliphatic heterocycles. The standard InChI is InChI=1S/C23H17ClFN5S/c24-15-10-11-20(27-14-15)29-13-5-9-19(29)22-21(17-7-3-4-12-26-17)28-23(31)30(22)18-8-2-1-6-16(18)25/h1-14,21-22H,(H,28,31)/t21-,22-/m1/s1. The molecule has 0 amide bonds. The van der Waals surface area contributed by atoms with Crippen molar-refractivity contribution in [3.63, 3.8) is 0 Å². The number of rotatable bonds is 4. The summed E-state index contributed by atoms with van der Waals surface area (Å²) in [4.78, 5) is 10.8. The SMILES string of the molecule is Fc1ccccc1N1C(=S)N[C@H](c2ccccn2)[C@H]1c1cccn1-c1ccc(Cl)cn1. The molecule has 0 saturated carbocycles. The second-order valence-corrected chi connectivity index (χ2v) is 7.91. The van der Waals surface area contributed by atoms with Crippen LogP contribution in [0, 0.1) is 5.82 Å². The van der Waals surface area contributed by atoms with Gasteiger partial charge in [-0.05, 0) is 60.7 Å². The van der Waals surface area contributed by atoms with E-state index in [2.05, 4.69) is 15.3 Å². The van der Waals surface area contributed by atoms with Gasteiger partial charge in [-0.3, -0.25) is 4.98 Å². The van der Waals surface area contributed by atoms with Crippen molar-refractivity contribution in [1.29, 1.82) is 0 Å². The Kier molecular flexibility index (Phi) is 5.13. The minimum atomic E-state index is -0.355. The van der Waals surface area contributed by atoms with Gasteiger partial charge in [0.1, 0.15) is 17.7 Å². The molecule has 0 radical (unpaired) electrons. The Balaban J connectivity index is 1.68. The molecule has 3 aromatic heterocycles. The maximum atomic E-state index is 14.8. The van der Waals surface area contributed by atoms with E-state index in [0.29, 0.717) is 21.6 Å². The number of anilines is 1. The van der Waals surface area contributed by atoms with Crippen molar-refractivity contribution in [2.45, 2.75) is 12.1 Å². The lowest BCUT2D eigenvalue weighted by molar-refractivity contribution is 0.541. The molecular formula is C23H17ClFN5S. The Bertz CT molecular complexity index is 1230. The van der Waals surface area contributed by atoms with E-state index >= 15 is 0 Å². The minimum absolute atomic E-state index is 0.283. The van der Waals surface area contributed by atoms with Gasteiger partial charge in [0.15, 0.2) is 5.11 Å². The summed E-state index contributed by atoms with van der Waals surface area (Å²) in [6.45, 7) is 0. The van der Waals surface area contributed by atoms with Gasteiger partial charge in [0.25, 0.3) is 0 Å². The molecule has 1 N–H and O–H groups in total. The van der Waals surface area contributed by atoms with Gasteiger partial charge < -0.3 is 14.8 Å². The first-order chi connectivity index (χ1) is 15.1. The van der Waals surface area contributed by atoms with Crippen molar-refractivity contribution in [3.05, 3.63) is 108 Å². The highest BCUT2D eigenvalue weighted by Crippen LogP contribution is 2.42. The summed E-state index contributed by atoms with van der Waals surface area (Å²) in [7, 11) is 0. The van der Waals surface area contributed by atoms with Crippen LogP contribution >= 0.6 is 23.8 Å². The average Bonchev–Trinajstić information content (AvgIpc) is 3.40. The molecule has 0 bridgehead atoms. The van der Waals surface area contributed by atoms with Gasteiger partial charge in [0.2, 0.25) is 0 Å². The topological polar surface area (TPSA) is 46.0 Å².